The number of nitrogens with two attached hydrogens (primary N) is 1. The predicted molar refractivity (Wildman–Crippen MR) is 94.2 cm³/mol. The maximum Gasteiger partial charge on any atom is 0.251 e. The summed E-state index contributed by atoms with van der Waals surface area (Å²) >= 11 is 0. The molecule has 1 aromatic rings. The molecule has 1 heterocycles. The molecule has 0 radical (unpaired) electrons. The smallest absolute Gasteiger partial charge is 0.251 e. The van der Waals surface area contributed by atoms with Gasteiger partial charge in [-0.15, -0.1) is 0 Å². The number of hydrogen-bond donors (Lipinski definition) is 2. The Balaban J connectivity index is 2.12. The van der Waals surface area contributed by atoms with Crippen LogP contribution in [0.3, 0.4) is 0 Å². The number of rotatable bonds is 7. The molecule has 2 rings (SSSR count). The third-order valence-corrected chi connectivity index (χ3v) is 3.94. The summed E-state index contributed by atoms with van der Waals surface area (Å²) in [5.74, 6) is -0.727. The molecule has 136 valence electrons. The second-order valence-electron chi connectivity index (χ2n) is 5.98. The predicted octanol–water partition coefficient (Wildman–Crippen LogP) is 2.12. The number of carbonyl (C=O) groups is 2. The zero-order valence-electron chi connectivity index (χ0n) is 14.1. The van der Waals surface area contributed by atoms with Crippen molar-refractivity contribution in [2.45, 2.75) is 25.4 Å². The van der Waals surface area contributed by atoms with E-state index in [1.807, 2.05) is 4.90 Å². The van der Waals surface area contributed by atoms with Gasteiger partial charge in [-0.3, -0.25) is 14.5 Å². The molecule has 1 aliphatic rings. The largest absolute Gasteiger partial charge is 0.369 e. The standard InChI is InChI=1S/C15H19N9O2/c16-14(25)9-24-3-1-2-12(8-24)20-15(26)11-4-10(7-19-22-17)5-13(6-11)21-23-18/h4-6,12H,1-3,7-9H2,(H2,16,25)(H,20,26). The number of carbonyl (C=O) groups excluding carboxylic acids is 2. The number of hydrogen-bond acceptors (Lipinski definition) is 5. The Bertz CT molecular complexity index is 781. The highest BCUT2D eigenvalue weighted by molar-refractivity contribution is 5.95. The highest BCUT2D eigenvalue weighted by Crippen LogP contribution is 2.20. The monoisotopic (exact) mass is 357 g/mol. The van der Waals surface area contributed by atoms with Gasteiger partial charge in [-0.25, -0.2) is 0 Å². The van der Waals surface area contributed by atoms with Crippen molar-refractivity contribution in [3.05, 3.63) is 50.2 Å². The van der Waals surface area contributed by atoms with Crippen LogP contribution in [0.1, 0.15) is 28.8 Å². The van der Waals surface area contributed by atoms with Crippen LogP contribution in [0.4, 0.5) is 5.69 Å². The zero-order chi connectivity index (χ0) is 18.9. The van der Waals surface area contributed by atoms with E-state index in [9.17, 15) is 9.59 Å². The van der Waals surface area contributed by atoms with Crippen LogP contribution in [0, 0.1) is 0 Å². The van der Waals surface area contributed by atoms with Gasteiger partial charge in [-0.2, -0.15) is 0 Å². The van der Waals surface area contributed by atoms with Crippen molar-refractivity contribution >= 4 is 17.5 Å². The summed E-state index contributed by atoms with van der Waals surface area (Å²) in [7, 11) is 0. The molecule has 0 aromatic heterocycles. The lowest BCUT2D eigenvalue weighted by atomic mass is 10.0. The molecule has 1 saturated heterocycles. The molecule has 26 heavy (non-hydrogen) atoms. The van der Waals surface area contributed by atoms with Crippen molar-refractivity contribution in [1.29, 1.82) is 0 Å². The van der Waals surface area contributed by atoms with E-state index in [4.69, 9.17) is 16.8 Å². The van der Waals surface area contributed by atoms with Gasteiger partial charge in [0.05, 0.1) is 13.1 Å². The van der Waals surface area contributed by atoms with E-state index >= 15 is 0 Å². The van der Waals surface area contributed by atoms with Crippen molar-refractivity contribution in [2.24, 2.45) is 16.0 Å². The first-order valence-corrected chi connectivity index (χ1v) is 8.03. The summed E-state index contributed by atoms with van der Waals surface area (Å²) in [4.78, 5) is 30.9. The fourth-order valence-electron chi connectivity index (χ4n) is 2.93. The minimum absolute atomic E-state index is 0.0430. The van der Waals surface area contributed by atoms with Crippen molar-refractivity contribution in [1.82, 2.24) is 10.2 Å². The molecule has 11 heteroatoms. The Morgan fingerprint density at radius 2 is 2.12 bits per heavy atom. The number of azide groups is 2. The van der Waals surface area contributed by atoms with Gasteiger partial charge in [0.15, 0.2) is 0 Å². The second-order valence-corrected chi connectivity index (χ2v) is 5.98. The number of benzene rings is 1. The molecule has 1 aliphatic heterocycles. The van der Waals surface area contributed by atoms with Gasteiger partial charge in [0.1, 0.15) is 0 Å². The lowest BCUT2D eigenvalue weighted by Crippen LogP contribution is -2.49. The fourth-order valence-corrected chi connectivity index (χ4v) is 2.93. The zero-order valence-corrected chi connectivity index (χ0v) is 14.1. The van der Waals surface area contributed by atoms with Gasteiger partial charge in [0.2, 0.25) is 5.91 Å². The Morgan fingerprint density at radius 1 is 1.31 bits per heavy atom. The van der Waals surface area contributed by atoms with Crippen LogP contribution >= 0.6 is 0 Å². The summed E-state index contributed by atoms with van der Waals surface area (Å²) < 4.78 is 0. The maximum atomic E-state index is 12.6. The normalized spacial score (nSPS) is 16.8. The van der Waals surface area contributed by atoms with Crippen molar-refractivity contribution < 1.29 is 9.59 Å². The van der Waals surface area contributed by atoms with E-state index in [0.29, 0.717) is 17.7 Å². The third kappa shape index (κ3) is 5.67. The first-order valence-electron chi connectivity index (χ1n) is 8.03. The molecule has 0 bridgehead atoms. The Morgan fingerprint density at radius 3 is 2.81 bits per heavy atom. The molecule has 1 fully saturated rings. The van der Waals surface area contributed by atoms with E-state index in [1.165, 1.54) is 6.07 Å². The Kier molecular flexibility index (Phi) is 6.81. The van der Waals surface area contributed by atoms with E-state index in [2.05, 4.69) is 25.4 Å². The Labute approximate surface area is 149 Å². The van der Waals surface area contributed by atoms with E-state index in [1.54, 1.807) is 12.1 Å². The number of nitrogens with zero attached hydrogens (tertiary/aromatic N) is 7. The van der Waals surface area contributed by atoms with Gasteiger partial charge in [-0.1, -0.05) is 10.2 Å². The minimum atomic E-state index is -0.401. The van der Waals surface area contributed by atoms with E-state index in [-0.39, 0.29) is 30.7 Å². The fraction of sp³-hybridized carbons (Fsp3) is 0.467. The molecule has 3 N–H and O–H groups in total. The van der Waals surface area contributed by atoms with Crippen LogP contribution in [0.2, 0.25) is 0 Å². The lowest BCUT2D eigenvalue weighted by Gasteiger charge is -2.32. The third-order valence-electron chi connectivity index (χ3n) is 3.94. The number of primary amides is 1. The van der Waals surface area contributed by atoms with Crippen LogP contribution in [-0.4, -0.2) is 42.4 Å². The van der Waals surface area contributed by atoms with Gasteiger partial charge in [0.25, 0.3) is 5.91 Å². The Hall–Kier alpha value is -3.26. The number of amides is 2. The first-order chi connectivity index (χ1) is 12.5. The number of nitrogens with one attached hydrogen (secondary N) is 1. The topological polar surface area (TPSA) is 173 Å². The molecular weight excluding hydrogens is 338 g/mol. The number of piperidine rings is 1. The molecule has 0 aliphatic carbocycles. The molecular formula is C15H19N9O2. The molecule has 1 unspecified atom stereocenters. The first kappa shape index (κ1) is 19.1. The van der Waals surface area contributed by atoms with E-state index in [0.717, 1.165) is 19.4 Å². The van der Waals surface area contributed by atoms with Crippen LogP contribution in [0.15, 0.2) is 28.4 Å². The average molecular weight is 357 g/mol. The highest BCUT2D eigenvalue weighted by atomic mass is 16.2. The second kappa shape index (κ2) is 9.28. The molecule has 11 nitrogen and oxygen atoms in total. The van der Waals surface area contributed by atoms with E-state index < -0.39 is 5.91 Å². The SMILES string of the molecule is [N-]=[N+]=NCc1cc(N=[N+]=[N-])cc(C(=O)NC2CCCN(CC(N)=O)C2)c1. The molecule has 1 atom stereocenters. The van der Waals surface area contributed by atoms with Crippen molar-refractivity contribution in [3.63, 3.8) is 0 Å². The summed E-state index contributed by atoms with van der Waals surface area (Å²) in [5.41, 5.74) is 23.4. The van der Waals surface area contributed by atoms with Crippen LogP contribution in [0.25, 0.3) is 20.9 Å². The maximum absolute atomic E-state index is 12.6. The molecule has 0 spiro atoms. The summed E-state index contributed by atoms with van der Waals surface area (Å²) in [6, 6.07) is 4.50. The molecule has 0 saturated carbocycles. The quantitative estimate of drug-likeness (QED) is 0.433. The van der Waals surface area contributed by atoms with Gasteiger partial charge >= 0.3 is 0 Å². The number of likely N-dealkylation sites (tertiary alicyclic amines) is 1. The highest BCUT2D eigenvalue weighted by Gasteiger charge is 2.23. The van der Waals surface area contributed by atoms with Gasteiger partial charge in [0, 0.05) is 33.7 Å². The summed E-state index contributed by atoms with van der Waals surface area (Å²) in [5, 5.41) is 9.90. The van der Waals surface area contributed by atoms with Gasteiger partial charge in [-0.05, 0) is 54.2 Å². The molecule has 2 amide bonds. The summed E-state index contributed by atoms with van der Waals surface area (Å²) in [6.45, 7) is 1.50. The van der Waals surface area contributed by atoms with Crippen LogP contribution in [0.5, 0.6) is 0 Å². The van der Waals surface area contributed by atoms with Crippen molar-refractivity contribution in [2.75, 3.05) is 19.6 Å². The minimum Gasteiger partial charge on any atom is -0.369 e. The molecule has 1 aromatic carbocycles. The van der Waals surface area contributed by atoms with Gasteiger partial charge < -0.3 is 11.1 Å². The summed E-state index contributed by atoms with van der Waals surface area (Å²) in [6.07, 6.45) is 1.64. The van der Waals surface area contributed by atoms with Crippen LogP contribution < -0.4 is 11.1 Å². The van der Waals surface area contributed by atoms with Crippen LogP contribution in [-0.2, 0) is 11.3 Å². The lowest BCUT2D eigenvalue weighted by molar-refractivity contribution is -0.119. The average Bonchev–Trinajstić information content (AvgIpc) is 2.60. The van der Waals surface area contributed by atoms with Crippen molar-refractivity contribution in [3.8, 4) is 0 Å².